The number of benzene rings is 2. The van der Waals surface area contributed by atoms with Gasteiger partial charge in [0.15, 0.2) is 5.58 Å². The van der Waals surface area contributed by atoms with E-state index in [0.717, 1.165) is 23.1 Å². The number of thioether (sulfide) groups is 1. The second-order valence-corrected chi connectivity index (χ2v) is 9.03. The van der Waals surface area contributed by atoms with Crippen molar-refractivity contribution in [1.29, 1.82) is 0 Å². The van der Waals surface area contributed by atoms with E-state index >= 15 is 0 Å². The van der Waals surface area contributed by atoms with Crippen LogP contribution < -0.4 is 10.6 Å². The van der Waals surface area contributed by atoms with Gasteiger partial charge in [0.25, 0.3) is 11.1 Å². The summed E-state index contributed by atoms with van der Waals surface area (Å²) in [7, 11) is 0. The van der Waals surface area contributed by atoms with E-state index in [-0.39, 0.29) is 34.7 Å². The Morgan fingerprint density at radius 3 is 2.53 bits per heavy atom. The average Bonchev–Trinajstić information content (AvgIpc) is 3.39. The molecule has 0 saturated heterocycles. The smallest absolute Gasteiger partial charge is 0.341 e. The number of oxazole rings is 1. The Labute approximate surface area is 203 Å². The predicted molar refractivity (Wildman–Crippen MR) is 133 cm³/mol. The number of nitrogens with one attached hydrogen (secondary N) is 2. The van der Waals surface area contributed by atoms with Crippen LogP contribution >= 0.6 is 23.1 Å². The van der Waals surface area contributed by atoms with Crippen LogP contribution in [-0.4, -0.2) is 35.1 Å². The normalized spacial score (nSPS) is 10.8. The number of rotatable bonds is 8. The summed E-state index contributed by atoms with van der Waals surface area (Å²) < 4.78 is 10.8. The van der Waals surface area contributed by atoms with Crippen molar-refractivity contribution in [2.75, 3.05) is 23.0 Å². The summed E-state index contributed by atoms with van der Waals surface area (Å²) in [6.45, 7) is 3.52. The minimum atomic E-state index is -0.600. The summed E-state index contributed by atoms with van der Waals surface area (Å²) in [4.78, 5) is 42.8. The van der Waals surface area contributed by atoms with Gasteiger partial charge in [0.1, 0.15) is 10.5 Å². The highest BCUT2D eigenvalue weighted by Crippen LogP contribution is 2.34. The van der Waals surface area contributed by atoms with Crippen LogP contribution in [0.25, 0.3) is 11.1 Å². The minimum absolute atomic E-state index is 0.0115. The lowest BCUT2D eigenvalue weighted by Crippen LogP contribution is -2.16. The van der Waals surface area contributed by atoms with Gasteiger partial charge in [-0.1, -0.05) is 42.1 Å². The molecule has 0 aliphatic heterocycles. The van der Waals surface area contributed by atoms with Crippen molar-refractivity contribution in [3.8, 4) is 0 Å². The van der Waals surface area contributed by atoms with Gasteiger partial charge in [0.05, 0.1) is 22.8 Å². The zero-order valence-corrected chi connectivity index (χ0v) is 20.0. The molecular formula is C24H21N3O5S2. The molecule has 0 spiro atoms. The molecule has 174 valence electrons. The molecule has 0 radical (unpaired) electrons. The first-order valence-corrected chi connectivity index (χ1v) is 12.2. The first-order valence-electron chi connectivity index (χ1n) is 10.4. The van der Waals surface area contributed by atoms with Gasteiger partial charge in [-0.2, -0.15) is 0 Å². The third-order valence-electron chi connectivity index (χ3n) is 4.72. The Morgan fingerprint density at radius 1 is 1.06 bits per heavy atom. The topological polar surface area (TPSA) is 111 Å². The number of fused-ring (bicyclic) bond motifs is 1. The third-order valence-corrected chi connectivity index (χ3v) is 6.75. The van der Waals surface area contributed by atoms with Gasteiger partial charge < -0.3 is 19.8 Å². The summed E-state index contributed by atoms with van der Waals surface area (Å²) in [5, 5.41) is 6.18. The third kappa shape index (κ3) is 5.29. The molecule has 8 nitrogen and oxygen atoms in total. The molecule has 2 aromatic carbocycles. The molecule has 10 heteroatoms. The van der Waals surface area contributed by atoms with Crippen molar-refractivity contribution in [1.82, 2.24) is 4.98 Å². The number of carbonyl (C=O) groups is 3. The Balaban J connectivity index is 1.51. The molecule has 0 atom stereocenters. The van der Waals surface area contributed by atoms with E-state index in [9.17, 15) is 14.4 Å². The maximum absolute atomic E-state index is 12.9. The Hall–Kier alpha value is -3.63. The van der Waals surface area contributed by atoms with Gasteiger partial charge in [-0.15, -0.1) is 11.3 Å². The number of hydrogen-bond donors (Lipinski definition) is 2. The van der Waals surface area contributed by atoms with Crippen LogP contribution in [0, 0.1) is 6.92 Å². The lowest BCUT2D eigenvalue weighted by molar-refractivity contribution is -0.113. The second-order valence-electron chi connectivity index (χ2n) is 7.09. The maximum Gasteiger partial charge on any atom is 0.341 e. The quantitative estimate of drug-likeness (QED) is 0.250. The number of aromatic nitrogens is 1. The molecule has 4 rings (SSSR count). The average molecular weight is 496 g/mol. The molecule has 0 aliphatic rings. The zero-order chi connectivity index (χ0) is 24.1. The number of ether oxygens (including phenoxy) is 1. The van der Waals surface area contributed by atoms with Gasteiger partial charge >= 0.3 is 5.97 Å². The summed E-state index contributed by atoms with van der Waals surface area (Å²) in [6, 6.07) is 16.3. The standard InChI is InChI=1S/C24H21N3O5S2/c1-3-31-23(30)19-14(2)20(21(29)25-15-9-5-4-6-10-15)34-22(19)27-18(28)13-33-24-26-16-11-7-8-12-17(16)32-24/h4-12H,3,13H2,1-2H3,(H,25,29)(H,27,28). The monoisotopic (exact) mass is 495 g/mol. The molecule has 0 unspecified atom stereocenters. The van der Waals surface area contributed by atoms with Crippen LogP contribution in [0.2, 0.25) is 0 Å². The largest absolute Gasteiger partial charge is 0.462 e. The fourth-order valence-electron chi connectivity index (χ4n) is 3.18. The molecule has 2 heterocycles. The van der Waals surface area contributed by atoms with Gasteiger partial charge in [0.2, 0.25) is 5.91 Å². The van der Waals surface area contributed by atoms with Crippen molar-refractivity contribution in [3.05, 3.63) is 70.6 Å². The molecule has 0 fully saturated rings. The lowest BCUT2D eigenvalue weighted by Gasteiger charge is -2.06. The zero-order valence-electron chi connectivity index (χ0n) is 18.4. The summed E-state index contributed by atoms with van der Waals surface area (Å²) >= 11 is 2.16. The molecule has 34 heavy (non-hydrogen) atoms. The van der Waals surface area contributed by atoms with E-state index in [2.05, 4.69) is 15.6 Å². The molecule has 4 aromatic rings. The lowest BCUT2D eigenvalue weighted by atomic mass is 10.1. The number of carbonyl (C=O) groups excluding carboxylic acids is 3. The van der Waals surface area contributed by atoms with E-state index in [1.54, 1.807) is 44.2 Å². The van der Waals surface area contributed by atoms with E-state index in [4.69, 9.17) is 9.15 Å². The first kappa shape index (κ1) is 23.5. The van der Waals surface area contributed by atoms with E-state index in [0.29, 0.717) is 32.5 Å². The van der Waals surface area contributed by atoms with Crippen molar-refractivity contribution >= 4 is 62.7 Å². The fourth-order valence-corrected chi connectivity index (χ4v) is 4.92. The van der Waals surface area contributed by atoms with Gasteiger partial charge in [-0.25, -0.2) is 9.78 Å². The number of anilines is 2. The first-order chi connectivity index (χ1) is 16.5. The maximum atomic E-state index is 12.9. The van der Waals surface area contributed by atoms with Crippen LogP contribution in [0.15, 0.2) is 64.2 Å². The predicted octanol–water partition coefficient (Wildman–Crippen LogP) is 5.36. The Kier molecular flexibility index (Phi) is 7.29. The highest BCUT2D eigenvalue weighted by Gasteiger charge is 2.27. The Bertz CT molecular complexity index is 1310. The van der Waals surface area contributed by atoms with Crippen LogP contribution in [0.1, 0.15) is 32.5 Å². The number of nitrogens with zero attached hydrogens (tertiary/aromatic N) is 1. The number of hydrogen-bond acceptors (Lipinski definition) is 8. The van der Waals surface area contributed by atoms with Crippen molar-refractivity contribution in [2.24, 2.45) is 0 Å². The SMILES string of the molecule is CCOC(=O)c1c(NC(=O)CSc2nc3ccccc3o2)sc(C(=O)Nc2ccccc2)c1C. The molecule has 0 saturated carbocycles. The molecule has 2 N–H and O–H groups in total. The Morgan fingerprint density at radius 2 is 1.79 bits per heavy atom. The second kappa shape index (κ2) is 10.5. The molecule has 2 aromatic heterocycles. The number of thiophene rings is 1. The van der Waals surface area contributed by atoms with Crippen LogP contribution in [0.3, 0.4) is 0 Å². The van der Waals surface area contributed by atoms with Crippen molar-refractivity contribution < 1.29 is 23.5 Å². The van der Waals surface area contributed by atoms with Crippen molar-refractivity contribution in [3.63, 3.8) is 0 Å². The van der Waals surface area contributed by atoms with Crippen LogP contribution in [0.5, 0.6) is 0 Å². The highest BCUT2D eigenvalue weighted by atomic mass is 32.2. The van der Waals surface area contributed by atoms with E-state index in [1.165, 1.54) is 0 Å². The number of esters is 1. The minimum Gasteiger partial charge on any atom is -0.462 e. The summed E-state index contributed by atoms with van der Waals surface area (Å²) in [5.41, 5.74) is 2.58. The van der Waals surface area contributed by atoms with Crippen LogP contribution in [-0.2, 0) is 9.53 Å². The molecule has 2 amide bonds. The van der Waals surface area contributed by atoms with E-state index < -0.39 is 5.97 Å². The number of para-hydroxylation sites is 3. The van der Waals surface area contributed by atoms with Gasteiger partial charge in [0, 0.05) is 5.69 Å². The van der Waals surface area contributed by atoms with Crippen molar-refractivity contribution in [2.45, 2.75) is 19.1 Å². The van der Waals surface area contributed by atoms with E-state index in [1.807, 2.05) is 24.3 Å². The van der Waals surface area contributed by atoms with Gasteiger partial charge in [-0.05, 0) is 43.7 Å². The molecule has 0 aliphatic carbocycles. The summed E-state index contributed by atoms with van der Waals surface area (Å²) in [6.07, 6.45) is 0. The fraction of sp³-hybridized carbons (Fsp3) is 0.167. The highest BCUT2D eigenvalue weighted by molar-refractivity contribution is 7.99. The van der Waals surface area contributed by atoms with Crippen LogP contribution in [0.4, 0.5) is 10.7 Å². The van der Waals surface area contributed by atoms with Gasteiger partial charge in [-0.3, -0.25) is 9.59 Å². The molecular weight excluding hydrogens is 474 g/mol. The number of amides is 2. The molecule has 0 bridgehead atoms. The summed E-state index contributed by atoms with van der Waals surface area (Å²) in [5.74, 6) is -1.33.